The van der Waals surface area contributed by atoms with E-state index in [2.05, 4.69) is 24.3 Å². The molecule has 2 aromatic rings. The quantitative estimate of drug-likeness (QED) is 0.908. The zero-order valence-electron chi connectivity index (χ0n) is 12.4. The van der Waals surface area contributed by atoms with Crippen LogP contribution in [-0.2, 0) is 4.79 Å². The normalized spacial score (nSPS) is 18.7. The van der Waals surface area contributed by atoms with Gasteiger partial charge in [-0.05, 0) is 30.0 Å². The van der Waals surface area contributed by atoms with Gasteiger partial charge < -0.3 is 10.4 Å². The van der Waals surface area contributed by atoms with Crippen LogP contribution in [0, 0.1) is 11.3 Å². The second-order valence-electron chi connectivity index (χ2n) is 6.20. The zero-order valence-corrected chi connectivity index (χ0v) is 12.4. The SMILES string of the molecule is CC1(C)CC1C(=O)Nc1ccccc1-n1ccc(C(=O)O)n1. The van der Waals surface area contributed by atoms with Crippen molar-refractivity contribution in [3.05, 3.63) is 42.2 Å². The van der Waals surface area contributed by atoms with Crippen LogP contribution in [0.2, 0.25) is 0 Å². The molecule has 1 heterocycles. The number of rotatable bonds is 4. The number of aromatic nitrogens is 2. The van der Waals surface area contributed by atoms with E-state index in [1.54, 1.807) is 18.3 Å². The number of benzene rings is 1. The molecule has 1 amide bonds. The van der Waals surface area contributed by atoms with Crippen molar-refractivity contribution in [2.45, 2.75) is 20.3 Å². The number of carboxylic acids is 1. The summed E-state index contributed by atoms with van der Waals surface area (Å²) in [7, 11) is 0. The fraction of sp³-hybridized carbons (Fsp3) is 0.312. The fourth-order valence-electron chi connectivity index (χ4n) is 2.49. The lowest BCUT2D eigenvalue weighted by Crippen LogP contribution is -2.18. The van der Waals surface area contributed by atoms with Crippen molar-refractivity contribution in [2.75, 3.05) is 5.32 Å². The molecule has 1 aromatic carbocycles. The van der Waals surface area contributed by atoms with Gasteiger partial charge in [0, 0.05) is 12.1 Å². The molecular weight excluding hydrogens is 282 g/mol. The van der Waals surface area contributed by atoms with Gasteiger partial charge in [-0.3, -0.25) is 4.79 Å². The third kappa shape index (κ3) is 2.59. The Morgan fingerprint density at radius 1 is 1.32 bits per heavy atom. The van der Waals surface area contributed by atoms with Gasteiger partial charge in [-0.25, -0.2) is 9.48 Å². The molecule has 1 fully saturated rings. The van der Waals surface area contributed by atoms with Crippen molar-refractivity contribution in [2.24, 2.45) is 11.3 Å². The maximum atomic E-state index is 12.3. The maximum absolute atomic E-state index is 12.3. The van der Waals surface area contributed by atoms with Gasteiger partial charge in [-0.2, -0.15) is 5.10 Å². The summed E-state index contributed by atoms with van der Waals surface area (Å²) in [5, 5.41) is 15.9. The van der Waals surface area contributed by atoms with E-state index in [1.165, 1.54) is 10.7 Å². The Kier molecular flexibility index (Phi) is 3.24. The number of carbonyl (C=O) groups excluding carboxylic acids is 1. The van der Waals surface area contributed by atoms with E-state index in [0.717, 1.165) is 6.42 Å². The average Bonchev–Trinajstić information content (AvgIpc) is 2.88. The van der Waals surface area contributed by atoms with Crippen LogP contribution in [0.4, 0.5) is 5.69 Å². The van der Waals surface area contributed by atoms with Gasteiger partial charge in [0.1, 0.15) is 0 Å². The number of hydrogen-bond donors (Lipinski definition) is 2. The summed E-state index contributed by atoms with van der Waals surface area (Å²) >= 11 is 0. The fourth-order valence-corrected chi connectivity index (χ4v) is 2.49. The van der Waals surface area contributed by atoms with Crippen LogP contribution in [0.15, 0.2) is 36.5 Å². The number of aromatic carboxylic acids is 1. The third-order valence-electron chi connectivity index (χ3n) is 4.05. The summed E-state index contributed by atoms with van der Waals surface area (Å²) in [4.78, 5) is 23.2. The standard InChI is InChI=1S/C16H17N3O3/c1-16(2)9-10(16)14(20)17-11-5-3-4-6-13(11)19-8-7-12(18-19)15(21)22/h3-8,10H,9H2,1-2H3,(H,17,20)(H,21,22). The summed E-state index contributed by atoms with van der Waals surface area (Å²) in [5.74, 6) is -1.07. The van der Waals surface area contributed by atoms with Crippen LogP contribution in [0.5, 0.6) is 0 Å². The van der Waals surface area contributed by atoms with Gasteiger partial charge in [0.2, 0.25) is 5.91 Å². The van der Waals surface area contributed by atoms with Crippen LogP contribution < -0.4 is 5.32 Å². The molecular formula is C16H17N3O3. The number of anilines is 1. The molecule has 1 unspecified atom stereocenters. The molecule has 1 aromatic heterocycles. The van der Waals surface area contributed by atoms with Crippen LogP contribution in [0.1, 0.15) is 30.8 Å². The monoisotopic (exact) mass is 299 g/mol. The first kappa shape index (κ1) is 14.3. The highest BCUT2D eigenvalue weighted by Gasteiger charge is 2.50. The Morgan fingerprint density at radius 2 is 2.00 bits per heavy atom. The summed E-state index contributed by atoms with van der Waals surface area (Å²) in [6.45, 7) is 4.13. The summed E-state index contributed by atoms with van der Waals surface area (Å²) in [5.41, 5.74) is 1.28. The lowest BCUT2D eigenvalue weighted by Gasteiger charge is -2.11. The molecule has 6 nitrogen and oxygen atoms in total. The van der Waals surface area contributed by atoms with E-state index in [1.807, 2.05) is 12.1 Å². The third-order valence-corrected chi connectivity index (χ3v) is 4.05. The highest BCUT2D eigenvalue weighted by molar-refractivity contribution is 5.96. The lowest BCUT2D eigenvalue weighted by molar-refractivity contribution is -0.118. The second kappa shape index (κ2) is 4.98. The van der Waals surface area contributed by atoms with E-state index >= 15 is 0 Å². The van der Waals surface area contributed by atoms with Crippen LogP contribution in [0.25, 0.3) is 5.69 Å². The van der Waals surface area contributed by atoms with E-state index in [0.29, 0.717) is 11.4 Å². The van der Waals surface area contributed by atoms with Crippen LogP contribution in [0.3, 0.4) is 0 Å². The van der Waals surface area contributed by atoms with Crippen molar-refractivity contribution in [1.29, 1.82) is 0 Å². The Labute approximate surface area is 127 Å². The summed E-state index contributed by atoms with van der Waals surface area (Å²) < 4.78 is 1.46. The first-order chi connectivity index (χ1) is 10.4. The molecule has 0 aliphatic heterocycles. The molecule has 22 heavy (non-hydrogen) atoms. The van der Waals surface area contributed by atoms with Gasteiger partial charge in [0.25, 0.3) is 0 Å². The molecule has 1 saturated carbocycles. The minimum absolute atomic E-state index is 0.0111. The van der Waals surface area contributed by atoms with Crippen molar-refractivity contribution in [1.82, 2.24) is 9.78 Å². The van der Waals surface area contributed by atoms with E-state index in [9.17, 15) is 9.59 Å². The topological polar surface area (TPSA) is 84.2 Å². The number of amides is 1. The summed E-state index contributed by atoms with van der Waals surface area (Å²) in [6.07, 6.45) is 2.45. The second-order valence-corrected chi connectivity index (χ2v) is 6.20. The van der Waals surface area contributed by atoms with Gasteiger partial charge in [-0.15, -0.1) is 0 Å². The molecule has 2 N–H and O–H groups in total. The Balaban J connectivity index is 1.86. The molecule has 6 heteroatoms. The molecule has 114 valence electrons. The Morgan fingerprint density at radius 3 is 2.59 bits per heavy atom. The predicted molar refractivity (Wildman–Crippen MR) is 81.0 cm³/mol. The number of para-hydroxylation sites is 2. The molecule has 0 saturated heterocycles. The minimum Gasteiger partial charge on any atom is -0.476 e. The highest BCUT2D eigenvalue weighted by Crippen LogP contribution is 2.52. The first-order valence-electron chi connectivity index (χ1n) is 7.08. The number of carboxylic acid groups (broad SMARTS) is 1. The molecule has 0 radical (unpaired) electrons. The Hall–Kier alpha value is -2.63. The van der Waals surface area contributed by atoms with Crippen LogP contribution in [-0.4, -0.2) is 26.8 Å². The lowest BCUT2D eigenvalue weighted by atomic mass is 10.1. The number of nitrogens with one attached hydrogen (secondary N) is 1. The largest absolute Gasteiger partial charge is 0.476 e. The summed E-state index contributed by atoms with van der Waals surface area (Å²) in [6, 6.07) is 8.62. The van der Waals surface area contributed by atoms with Crippen LogP contribution >= 0.6 is 0 Å². The van der Waals surface area contributed by atoms with Crippen molar-refractivity contribution < 1.29 is 14.7 Å². The van der Waals surface area contributed by atoms with Gasteiger partial charge in [0.15, 0.2) is 5.69 Å². The molecule has 1 aliphatic rings. The smallest absolute Gasteiger partial charge is 0.356 e. The molecule has 1 aliphatic carbocycles. The van der Waals surface area contributed by atoms with Crippen molar-refractivity contribution in [3.8, 4) is 5.69 Å². The highest BCUT2D eigenvalue weighted by atomic mass is 16.4. The molecule has 0 spiro atoms. The molecule has 3 rings (SSSR count). The van der Waals surface area contributed by atoms with E-state index in [-0.39, 0.29) is 22.9 Å². The molecule has 0 bridgehead atoms. The molecule has 1 atom stereocenters. The predicted octanol–water partition coefficient (Wildman–Crippen LogP) is 2.56. The van der Waals surface area contributed by atoms with Gasteiger partial charge in [0.05, 0.1) is 11.4 Å². The average molecular weight is 299 g/mol. The van der Waals surface area contributed by atoms with E-state index < -0.39 is 5.97 Å². The van der Waals surface area contributed by atoms with Crippen molar-refractivity contribution in [3.63, 3.8) is 0 Å². The van der Waals surface area contributed by atoms with E-state index in [4.69, 9.17) is 5.11 Å². The zero-order chi connectivity index (χ0) is 15.9. The minimum atomic E-state index is -1.08. The van der Waals surface area contributed by atoms with Crippen molar-refractivity contribution >= 4 is 17.6 Å². The number of hydrogen-bond acceptors (Lipinski definition) is 3. The van der Waals surface area contributed by atoms with Gasteiger partial charge in [-0.1, -0.05) is 26.0 Å². The Bertz CT molecular complexity index is 749. The van der Waals surface area contributed by atoms with Gasteiger partial charge >= 0.3 is 5.97 Å². The first-order valence-corrected chi connectivity index (χ1v) is 7.08. The number of nitrogens with zero attached hydrogens (tertiary/aromatic N) is 2. The number of carbonyl (C=O) groups is 2. The maximum Gasteiger partial charge on any atom is 0.356 e.